The van der Waals surface area contributed by atoms with Crippen molar-refractivity contribution in [2.24, 2.45) is 0 Å². The number of rotatable bonds is 2. The summed E-state index contributed by atoms with van der Waals surface area (Å²) >= 11 is 1.52. The predicted molar refractivity (Wildman–Crippen MR) is 55.5 cm³/mol. The van der Waals surface area contributed by atoms with Crippen molar-refractivity contribution in [3.63, 3.8) is 0 Å². The fourth-order valence-corrected chi connectivity index (χ4v) is 1.51. The average Bonchev–Trinajstić information content (AvgIpc) is 2.52. The van der Waals surface area contributed by atoms with Crippen LogP contribution in [-0.4, -0.2) is 19.1 Å². The third-order valence-electron chi connectivity index (χ3n) is 1.36. The van der Waals surface area contributed by atoms with Gasteiger partial charge >= 0.3 is 0 Å². The van der Waals surface area contributed by atoms with Crippen molar-refractivity contribution in [1.82, 2.24) is 4.98 Å². The molecule has 0 spiro atoms. The van der Waals surface area contributed by atoms with E-state index in [2.05, 4.69) is 16.0 Å². The van der Waals surface area contributed by atoms with Gasteiger partial charge in [0.05, 0.1) is 11.7 Å². The van der Waals surface area contributed by atoms with Crippen molar-refractivity contribution < 1.29 is 31.1 Å². The Morgan fingerprint density at radius 2 is 2.29 bits per heavy atom. The maximum absolute atomic E-state index is 6.77. The number of thiazole rings is 1. The monoisotopic (exact) mass is 430 g/mol. The molecule has 0 N–H and O–H groups in total. The normalized spacial score (nSPS) is 10.3. The second-order valence-electron chi connectivity index (χ2n) is 2.76. The number of hydrogen-bond acceptors (Lipinski definition) is 3. The van der Waals surface area contributed by atoms with Crippen molar-refractivity contribution in [3.8, 4) is 0 Å². The van der Waals surface area contributed by atoms with Crippen LogP contribution in [0.25, 0.3) is 10.9 Å². The molecule has 0 radical (unpaired) electrons. The van der Waals surface area contributed by atoms with Crippen LogP contribution in [0.2, 0.25) is 0 Å². The zero-order valence-corrected chi connectivity index (χ0v) is 13.3. The molecular weight excluding hydrogens is 420 g/mol. The van der Waals surface area contributed by atoms with Gasteiger partial charge in [0.1, 0.15) is 5.70 Å². The van der Waals surface area contributed by atoms with Crippen LogP contribution in [0.5, 0.6) is 0 Å². The van der Waals surface area contributed by atoms with Gasteiger partial charge in [-0.25, -0.2) is 0 Å². The van der Waals surface area contributed by atoms with Crippen molar-refractivity contribution in [2.75, 3.05) is 19.0 Å². The largest absolute Gasteiger partial charge is 0.405 e. The van der Waals surface area contributed by atoms with Crippen molar-refractivity contribution >= 4 is 22.5 Å². The molecule has 0 bridgehead atoms. The van der Waals surface area contributed by atoms with Crippen LogP contribution in [-0.2, 0) is 0 Å². The standard InChI is InChI=1S/C9H10N3S.U/c1-7(10-2)5-8-6-11-9(13-8)12(3)4;/h5H,1,3-4H3;/q-1;/b7-5-;. The quantitative estimate of drug-likeness (QED) is 0.672. The summed E-state index contributed by atoms with van der Waals surface area (Å²) < 4.78 is 0. The van der Waals surface area contributed by atoms with Crippen LogP contribution >= 0.6 is 11.3 Å². The van der Waals surface area contributed by atoms with Gasteiger partial charge in [0, 0.05) is 31.1 Å². The van der Waals surface area contributed by atoms with E-state index in [9.17, 15) is 0 Å². The van der Waals surface area contributed by atoms with Crippen LogP contribution in [0.15, 0.2) is 5.70 Å². The molecule has 0 aliphatic heterocycles. The Kier molecular flexibility index (Phi) is 6.11. The van der Waals surface area contributed by atoms with E-state index >= 15 is 0 Å². The molecule has 1 rings (SSSR count). The molecule has 0 fully saturated rings. The van der Waals surface area contributed by atoms with Gasteiger partial charge < -0.3 is 9.88 Å². The summed E-state index contributed by atoms with van der Waals surface area (Å²) in [6, 6.07) is 0. The first-order valence-corrected chi connectivity index (χ1v) is 4.56. The Morgan fingerprint density at radius 3 is 2.71 bits per heavy atom. The molecular formula is C9H10N3SU-. The number of allylic oxidation sites excluding steroid dienone is 1. The first-order chi connectivity index (χ1) is 6.13. The van der Waals surface area contributed by atoms with Crippen LogP contribution in [0.4, 0.5) is 5.13 Å². The fraction of sp³-hybridized carbons (Fsp3) is 0.333. The predicted octanol–water partition coefficient (Wildman–Crippen LogP) is 2.29. The molecule has 1 aromatic rings. The van der Waals surface area contributed by atoms with E-state index in [0.717, 1.165) is 10.0 Å². The van der Waals surface area contributed by atoms with E-state index in [0.29, 0.717) is 5.70 Å². The number of hydrogen-bond donors (Lipinski definition) is 0. The Bertz CT molecular complexity index is 362. The van der Waals surface area contributed by atoms with Crippen molar-refractivity contribution in [3.05, 3.63) is 28.2 Å². The minimum absolute atomic E-state index is 0. The van der Waals surface area contributed by atoms with E-state index in [1.165, 1.54) is 11.3 Å². The summed E-state index contributed by atoms with van der Waals surface area (Å²) in [7, 11) is 3.86. The summed E-state index contributed by atoms with van der Waals surface area (Å²) in [5, 5.41) is 0.907. The molecule has 0 amide bonds. The molecule has 0 saturated carbocycles. The van der Waals surface area contributed by atoms with Crippen LogP contribution < -0.4 is 4.90 Å². The molecule has 1 aromatic heterocycles. The zero-order chi connectivity index (χ0) is 9.84. The number of aromatic nitrogens is 1. The van der Waals surface area contributed by atoms with Gasteiger partial charge in [-0.15, -0.1) is 6.08 Å². The molecule has 1 heterocycles. The van der Waals surface area contributed by atoms with Gasteiger partial charge in [-0.2, -0.15) is 11.3 Å². The molecule has 0 atom stereocenters. The summed E-state index contributed by atoms with van der Waals surface area (Å²) in [6.07, 6.45) is 4.65. The first-order valence-electron chi connectivity index (χ1n) is 3.75. The van der Waals surface area contributed by atoms with Gasteiger partial charge in [0.2, 0.25) is 0 Å². The molecule has 0 saturated heterocycles. The summed E-state index contributed by atoms with van der Waals surface area (Å²) in [5.41, 5.74) is 0.658. The maximum atomic E-state index is 6.77. The Balaban J connectivity index is 0.00000169. The molecule has 0 aliphatic rings. The molecule has 5 heteroatoms. The summed E-state index contributed by atoms with van der Waals surface area (Å²) in [6.45, 7) is 8.54. The summed E-state index contributed by atoms with van der Waals surface area (Å²) in [4.78, 5) is 10.2. The minimum Gasteiger partial charge on any atom is -0.405 e. The van der Waals surface area contributed by atoms with Gasteiger partial charge in [0.25, 0.3) is 0 Å². The van der Waals surface area contributed by atoms with E-state index in [1.54, 1.807) is 13.0 Å². The topological polar surface area (TPSA) is 20.5 Å². The van der Waals surface area contributed by atoms with E-state index < -0.39 is 0 Å². The van der Waals surface area contributed by atoms with E-state index in [-0.39, 0.29) is 31.1 Å². The fourth-order valence-electron chi connectivity index (χ4n) is 0.722. The van der Waals surface area contributed by atoms with Crippen LogP contribution in [0, 0.1) is 43.9 Å². The third kappa shape index (κ3) is 3.84. The minimum atomic E-state index is 0. The second kappa shape index (κ2) is 6.24. The van der Waals surface area contributed by atoms with E-state index in [4.69, 9.17) is 6.57 Å². The molecule has 0 aliphatic carbocycles. The number of nitrogens with zero attached hydrogens (tertiary/aromatic N) is 3. The van der Waals surface area contributed by atoms with Gasteiger partial charge in [-0.1, -0.05) is 11.1 Å². The van der Waals surface area contributed by atoms with E-state index in [1.807, 2.05) is 19.0 Å². The van der Waals surface area contributed by atoms with Crippen LogP contribution in [0.3, 0.4) is 0 Å². The smallest absolute Gasteiger partial charge is 0.112 e. The van der Waals surface area contributed by atoms with Gasteiger partial charge in [-0.05, 0) is 21.0 Å². The number of anilines is 1. The van der Waals surface area contributed by atoms with Gasteiger partial charge in [0.15, 0.2) is 0 Å². The molecule has 72 valence electrons. The molecule has 14 heavy (non-hydrogen) atoms. The Labute approximate surface area is 112 Å². The molecule has 0 unspecified atom stereocenters. The van der Waals surface area contributed by atoms with Crippen molar-refractivity contribution in [1.29, 1.82) is 0 Å². The summed E-state index contributed by atoms with van der Waals surface area (Å²) in [5.74, 6) is 0. The zero-order valence-electron chi connectivity index (χ0n) is 8.33. The Morgan fingerprint density at radius 1 is 1.64 bits per heavy atom. The SMILES string of the molecule is [C-]#[N+]/C(C)=C\c1[c-]nc(N(C)C)s1.[U]. The molecule has 3 nitrogen and oxygen atoms in total. The first kappa shape index (κ1) is 13.7. The average molecular weight is 430 g/mol. The molecule has 0 aromatic carbocycles. The van der Waals surface area contributed by atoms with Crippen LogP contribution in [0.1, 0.15) is 11.8 Å². The second-order valence-corrected chi connectivity index (χ2v) is 3.77. The van der Waals surface area contributed by atoms with Crippen molar-refractivity contribution in [2.45, 2.75) is 6.92 Å². The van der Waals surface area contributed by atoms with Gasteiger partial charge in [-0.3, -0.25) is 4.85 Å². The third-order valence-corrected chi connectivity index (χ3v) is 2.43. The Hall–Kier alpha value is -0.288. The maximum Gasteiger partial charge on any atom is 0.112 e.